The van der Waals surface area contributed by atoms with Gasteiger partial charge in [-0.25, -0.2) is 0 Å². The summed E-state index contributed by atoms with van der Waals surface area (Å²) >= 11 is 5.73. The van der Waals surface area contributed by atoms with E-state index in [0.29, 0.717) is 11.3 Å². The lowest BCUT2D eigenvalue weighted by Crippen LogP contribution is -2.17. The summed E-state index contributed by atoms with van der Waals surface area (Å²) in [5, 5.41) is -0.115. The maximum atomic E-state index is 12.1. The van der Waals surface area contributed by atoms with Gasteiger partial charge in [0.15, 0.2) is 0 Å². The summed E-state index contributed by atoms with van der Waals surface area (Å²) in [5.74, 6) is -0.427. The van der Waals surface area contributed by atoms with Crippen molar-refractivity contribution in [3.05, 3.63) is 47.6 Å². The maximum absolute atomic E-state index is 12.1. The molecule has 1 aromatic heterocycles. The summed E-state index contributed by atoms with van der Waals surface area (Å²) in [6, 6.07) is 9.26. The van der Waals surface area contributed by atoms with E-state index in [4.69, 9.17) is 11.6 Å². The molecule has 0 unspecified atom stereocenters. The van der Waals surface area contributed by atoms with Gasteiger partial charge in [0, 0.05) is 11.8 Å². The van der Waals surface area contributed by atoms with Crippen molar-refractivity contribution >= 4 is 11.6 Å². The number of hydrogen-bond acceptors (Lipinski definition) is 2. The molecule has 0 fully saturated rings. The van der Waals surface area contributed by atoms with Crippen LogP contribution in [0.4, 0.5) is 13.2 Å². The number of rotatable bonds is 2. The lowest BCUT2D eigenvalue weighted by molar-refractivity contribution is -0.274. The molecule has 0 aliphatic carbocycles. The van der Waals surface area contributed by atoms with Crippen LogP contribution in [-0.4, -0.2) is 11.3 Å². The molecule has 0 atom stereocenters. The Hall–Kier alpha value is -1.75. The van der Waals surface area contributed by atoms with Gasteiger partial charge in [-0.05, 0) is 30.3 Å². The van der Waals surface area contributed by atoms with Gasteiger partial charge < -0.3 is 4.74 Å². The van der Waals surface area contributed by atoms with Crippen LogP contribution >= 0.6 is 11.6 Å². The minimum Gasteiger partial charge on any atom is -0.404 e. The highest BCUT2D eigenvalue weighted by molar-refractivity contribution is 6.32. The van der Waals surface area contributed by atoms with Crippen molar-refractivity contribution in [1.82, 2.24) is 4.98 Å². The van der Waals surface area contributed by atoms with Gasteiger partial charge in [-0.15, -0.1) is 13.2 Å². The smallest absolute Gasteiger partial charge is 0.404 e. The molecule has 0 saturated carbocycles. The normalized spacial score (nSPS) is 11.3. The number of alkyl halides is 3. The Balaban J connectivity index is 2.31. The molecule has 0 spiro atoms. The third-order valence-corrected chi connectivity index (χ3v) is 2.41. The number of halogens is 4. The zero-order valence-corrected chi connectivity index (χ0v) is 9.66. The molecule has 0 N–H and O–H groups in total. The van der Waals surface area contributed by atoms with Crippen LogP contribution in [0.25, 0.3) is 11.3 Å². The van der Waals surface area contributed by atoms with Crippen LogP contribution in [0.1, 0.15) is 0 Å². The van der Waals surface area contributed by atoms with Crippen LogP contribution in [0.3, 0.4) is 0 Å². The van der Waals surface area contributed by atoms with Crippen LogP contribution in [0.15, 0.2) is 42.6 Å². The fraction of sp³-hybridized carbons (Fsp3) is 0.0833. The number of aromatic nitrogens is 1. The molecule has 0 aliphatic heterocycles. The molecular formula is C12H7ClF3NO. The molecule has 94 valence electrons. The van der Waals surface area contributed by atoms with Crippen LogP contribution < -0.4 is 4.74 Å². The molecule has 1 heterocycles. The first-order chi connectivity index (χ1) is 8.46. The molecule has 2 nitrogen and oxygen atoms in total. The third kappa shape index (κ3) is 3.13. The van der Waals surface area contributed by atoms with E-state index in [-0.39, 0.29) is 5.02 Å². The second kappa shape index (κ2) is 4.86. The van der Waals surface area contributed by atoms with Crippen molar-refractivity contribution < 1.29 is 17.9 Å². The molecule has 2 rings (SSSR count). The van der Waals surface area contributed by atoms with E-state index in [0.717, 1.165) is 0 Å². The molecular weight excluding hydrogens is 267 g/mol. The summed E-state index contributed by atoms with van der Waals surface area (Å²) in [7, 11) is 0. The molecule has 2 aromatic rings. The van der Waals surface area contributed by atoms with E-state index in [1.165, 1.54) is 18.2 Å². The second-order valence-corrected chi connectivity index (χ2v) is 3.82. The molecule has 0 saturated heterocycles. The average molecular weight is 274 g/mol. The Morgan fingerprint density at radius 2 is 1.89 bits per heavy atom. The van der Waals surface area contributed by atoms with E-state index in [9.17, 15) is 13.2 Å². The van der Waals surface area contributed by atoms with E-state index in [2.05, 4.69) is 9.72 Å². The summed E-state index contributed by atoms with van der Waals surface area (Å²) in [6.45, 7) is 0. The SMILES string of the molecule is FC(F)(F)Oc1ccc(-c2ccccn2)cc1Cl. The first kappa shape index (κ1) is 12.7. The Morgan fingerprint density at radius 1 is 1.11 bits per heavy atom. The highest BCUT2D eigenvalue weighted by Crippen LogP contribution is 2.33. The quantitative estimate of drug-likeness (QED) is 0.814. The van der Waals surface area contributed by atoms with Crippen LogP contribution in [-0.2, 0) is 0 Å². The van der Waals surface area contributed by atoms with Gasteiger partial charge in [0.1, 0.15) is 5.75 Å². The van der Waals surface area contributed by atoms with Crippen molar-refractivity contribution in [3.63, 3.8) is 0 Å². The number of hydrogen-bond donors (Lipinski definition) is 0. The van der Waals surface area contributed by atoms with E-state index in [1.54, 1.807) is 24.4 Å². The van der Waals surface area contributed by atoms with Crippen LogP contribution in [0, 0.1) is 0 Å². The van der Waals surface area contributed by atoms with Crippen molar-refractivity contribution in [2.75, 3.05) is 0 Å². The van der Waals surface area contributed by atoms with E-state index < -0.39 is 12.1 Å². The minimum atomic E-state index is -4.75. The third-order valence-electron chi connectivity index (χ3n) is 2.12. The van der Waals surface area contributed by atoms with Crippen molar-refractivity contribution in [2.24, 2.45) is 0 Å². The number of ether oxygens (including phenoxy) is 1. The van der Waals surface area contributed by atoms with Crippen molar-refractivity contribution in [2.45, 2.75) is 6.36 Å². The number of pyridine rings is 1. The minimum absolute atomic E-state index is 0.115. The lowest BCUT2D eigenvalue weighted by atomic mass is 10.1. The first-order valence-corrected chi connectivity index (χ1v) is 5.30. The maximum Gasteiger partial charge on any atom is 0.573 e. The predicted molar refractivity (Wildman–Crippen MR) is 61.4 cm³/mol. The van der Waals surface area contributed by atoms with E-state index >= 15 is 0 Å². The fourth-order valence-electron chi connectivity index (χ4n) is 1.40. The standard InChI is InChI=1S/C12H7ClF3NO/c13-9-7-8(10-3-1-2-6-17-10)4-5-11(9)18-12(14,15)16/h1-7H. The van der Waals surface area contributed by atoms with Crippen molar-refractivity contribution in [3.8, 4) is 17.0 Å². The summed E-state index contributed by atoms with van der Waals surface area (Å²) in [6.07, 6.45) is -3.17. The molecule has 0 amide bonds. The number of nitrogens with zero attached hydrogens (tertiary/aromatic N) is 1. The summed E-state index contributed by atoms with van der Waals surface area (Å²) < 4.78 is 39.9. The second-order valence-electron chi connectivity index (χ2n) is 3.41. The Kier molecular flexibility index (Phi) is 3.43. The lowest BCUT2D eigenvalue weighted by Gasteiger charge is -2.11. The highest BCUT2D eigenvalue weighted by Gasteiger charge is 2.32. The highest BCUT2D eigenvalue weighted by atomic mass is 35.5. The Labute approximate surface area is 106 Å². The molecule has 0 bridgehead atoms. The average Bonchev–Trinajstić information content (AvgIpc) is 2.31. The van der Waals surface area contributed by atoms with Gasteiger partial charge in [-0.2, -0.15) is 0 Å². The Bertz CT molecular complexity index is 543. The van der Waals surface area contributed by atoms with Gasteiger partial charge in [0.05, 0.1) is 10.7 Å². The van der Waals surface area contributed by atoms with Gasteiger partial charge in [0.2, 0.25) is 0 Å². The first-order valence-electron chi connectivity index (χ1n) is 4.92. The largest absolute Gasteiger partial charge is 0.573 e. The van der Waals surface area contributed by atoms with Gasteiger partial charge in [0.25, 0.3) is 0 Å². The summed E-state index contributed by atoms with van der Waals surface area (Å²) in [5.41, 5.74) is 1.24. The van der Waals surface area contributed by atoms with Crippen LogP contribution in [0.2, 0.25) is 5.02 Å². The molecule has 6 heteroatoms. The summed E-state index contributed by atoms with van der Waals surface area (Å²) in [4.78, 5) is 4.07. The monoisotopic (exact) mass is 273 g/mol. The van der Waals surface area contributed by atoms with Gasteiger partial charge in [-0.3, -0.25) is 4.98 Å². The molecule has 1 aromatic carbocycles. The van der Waals surface area contributed by atoms with E-state index in [1.807, 2.05) is 0 Å². The topological polar surface area (TPSA) is 22.1 Å². The fourth-order valence-corrected chi connectivity index (χ4v) is 1.62. The molecule has 0 radical (unpaired) electrons. The number of benzene rings is 1. The zero-order valence-electron chi connectivity index (χ0n) is 8.91. The Morgan fingerprint density at radius 3 is 2.44 bits per heavy atom. The van der Waals surface area contributed by atoms with Gasteiger partial charge >= 0.3 is 6.36 Å². The molecule has 18 heavy (non-hydrogen) atoms. The van der Waals surface area contributed by atoms with Crippen LogP contribution in [0.5, 0.6) is 5.75 Å². The predicted octanol–water partition coefficient (Wildman–Crippen LogP) is 4.30. The van der Waals surface area contributed by atoms with Crippen molar-refractivity contribution in [1.29, 1.82) is 0 Å². The molecule has 0 aliphatic rings. The zero-order chi connectivity index (χ0) is 13.2. The van der Waals surface area contributed by atoms with Gasteiger partial charge in [-0.1, -0.05) is 17.7 Å².